The molecule has 35 heavy (non-hydrogen) atoms. The molecule has 176 valence electrons. The number of methoxy groups -OCH3 is 1. The maximum absolute atomic E-state index is 13.5. The number of hydrogen-bond donors (Lipinski definition) is 0. The van der Waals surface area contributed by atoms with E-state index >= 15 is 0 Å². The van der Waals surface area contributed by atoms with Gasteiger partial charge in [0.25, 0.3) is 0 Å². The number of fused-ring (bicyclic) bond motifs is 1. The van der Waals surface area contributed by atoms with Gasteiger partial charge in [-0.05, 0) is 74.1 Å². The zero-order valence-corrected chi connectivity index (χ0v) is 19.9. The molecule has 1 fully saturated rings. The van der Waals surface area contributed by atoms with E-state index in [0.29, 0.717) is 5.92 Å². The van der Waals surface area contributed by atoms with Crippen LogP contribution < -0.4 is 4.74 Å². The summed E-state index contributed by atoms with van der Waals surface area (Å²) < 4.78 is 23.4. The molecule has 1 atom stereocenters. The molecule has 0 saturated heterocycles. The Morgan fingerprint density at radius 3 is 2.51 bits per heavy atom. The molecular weight excluding hydrogens is 441 g/mol. The first-order valence-corrected chi connectivity index (χ1v) is 11.8. The zero-order valence-electron chi connectivity index (χ0n) is 19.9. The molecule has 1 unspecified atom stereocenters. The predicted molar refractivity (Wildman–Crippen MR) is 133 cm³/mol. The molecule has 1 saturated carbocycles. The number of nitrogens with zero attached hydrogens (tertiary/aromatic N) is 5. The molecule has 3 heterocycles. The second kappa shape index (κ2) is 8.34. The lowest BCUT2D eigenvalue weighted by molar-refractivity contribution is 0.413. The van der Waals surface area contributed by atoms with Crippen molar-refractivity contribution < 1.29 is 9.13 Å². The number of hydrogen-bond acceptors (Lipinski definition) is 4. The van der Waals surface area contributed by atoms with Crippen LogP contribution in [0.3, 0.4) is 0 Å². The number of ether oxygens (including phenoxy) is 1. The van der Waals surface area contributed by atoms with Crippen LogP contribution in [0, 0.1) is 12.7 Å². The highest BCUT2D eigenvalue weighted by atomic mass is 19.1. The Morgan fingerprint density at radius 2 is 1.83 bits per heavy atom. The molecule has 2 aliphatic heterocycles. The fourth-order valence-electron chi connectivity index (χ4n) is 4.70. The van der Waals surface area contributed by atoms with Gasteiger partial charge >= 0.3 is 0 Å². The summed E-state index contributed by atoms with van der Waals surface area (Å²) in [5.41, 5.74) is 6.96. The van der Waals surface area contributed by atoms with Gasteiger partial charge in [-0.2, -0.15) is 0 Å². The number of benzene rings is 2. The standard InChI is InChI=1S/C28H26FN5O/c1-17-14-33(16-30-17)25-11-8-21(13-26(25)35-3)27-24-12-22(20-4-5-20)15-34(28(24)32-31-27)18(2)19-6-9-23(29)10-7-19/h6-16,18,20H,4-5H2,1-3H3. The first kappa shape index (κ1) is 21.5. The van der Waals surface area contributed by atoms with Crippen molar-refractivity contribution in [2.75, 3.05) is 7.11 Å². The lowest BCUT2D eigenvalue weighted by Gasteiger charge is -2.21. The van der Waals surface area contributed by atoms with Crippen LogP contribution in [-0.2, 0) is 0 Å². The molecule has 0 spiro atoms. The lowest BCUT2D eigenvalue weighted by Crippen LogP contribution is -2.12. The summed E-state index contributed by atoms with van der Waals surface area (Å²) in [7, 11) is 1.67. The van der Waals surface area contributed by atoms with Gasteiger partial charge in [0, 0.05) is 23.5 Å². The van der Waals surface area contributed by atoms with Crippen LogP contribution in [-0.4, -0.2) is 31.4 Å². The Balaban J connectivity index is 1.45. The lowest BCUT2D eigenvalue weighted by atomic mass is 10.0. The van der Waals surface area contributed by atoms with Crippen LogP contribution >= 0.6 is 0 Å². The normalized spacial score (nSPS) is 14.4. The summed E-state index contributed by atoms with van der Waals surface area (Å²) in [4.78, 5) is 4.33. The Morgan fingerprint density at radius 1 is 1.03 bits per heavy atom. The van der Waals surface area contributed by atoms with E-state index in [-0.39, 0.29) is 11.9 Å². The van der Waals surface area contributed by atoms with Gasteiger partial charge in [-0.3, -0.25) is 0 Å². The van der Waals surface area contributed by atoms with Gasteiger partial charge in [0.05, 0.1) is 30.9 Å². The SMILES string of the molecule is COc1cc(-c2nnc3n(C(C)c4ccc(F)cc4)cc(C4CC4)cc2-3)ccc1-n1cnc(C)c1. The summed E-state index contributed by atoms with van der Waals surface area (Å²) in [6.07, 6.45) is 8.33. The minimum Gasteiger partial charge on any atom is -0.495 e. The Labute approximate surface area is 203 Å². The van der Waals surface area contributed by atoms with Crippen LogP contribution in [0.2, 0.25) is 0 Å². The Hall–Kier alpha value is -4.00. The van der Waals surface area contributed by atoms with E-state index in [9.17, 15) is 4.39 Å². The monoisotopic (exact) mass is 467 g/mol. The summed E-state index contributed by atoms with van der Waals surface area (Å²) >= 11 is 0. The molecule has 7 heteroatoms. The Bertz CT molecular complexity index is 1480. The smallest absolute Gasteiger partial charge is 0.165 e. The van der Waals surface area contributed by atoms with E-state index in [1.165, 1.54) is 30.5 Å². The molecule has 0 amide bonds. The predicted octanol–water partition coefficient (Wildman–Crippen LogP) is 6.18. The van der Waals surface area contributed by atoms with Crippen molar-refractivity contribution in [3.8, 4) is 34.1 Å². The second-order valence-electron chi connectivity index (χ2n) is 9.28. The minimum atomic E-state index is -0.235. The van der Waals surface area contributed by atoms with Gasteiger partial charge < -0.3 is 13.9 Å². The highest BCUT2D eigenvalue weighted by Gasteiger charge is 2.29. The van der Waals surface area contributed by atoms with Crippen molar-refractivity contribution >= 4 is 0 Å². The average Bonchev–Trinajstić information content (AvgIpc) is 3.50. The number of aromatic nitrogens is 5. The molecule has 6 nitrogen and oxygen atoms in total. The topological polar surface area (TPSA) is 57.8 Å². The second-order valence-corrected chi connectivity index (χ2v) is 9.28. The molecule has 0 bridgehead atoms. The summed E-state index contributed by atoms with van der Waals surface area (Å²) in [6, 6.07) is 15.0. The van der Waals surface area contributed by atoms with Crippen LogP contribution in [0.15, 0.2) is 67.3 Å². The van der Waals surface area contributed by atoms with E-state index in [2.05, 4.69) is 38.9 Å². The van der Waals surface area contributed by atoms with Crippen LogP contribution in [0.1, 0.15) is 48.5 Å². The third kappa shape index (κ3) is 3.87. The van der Waals surface area contributed by atoms with Gasteiger partial charge in [-0.15, -0.1) is 10.2 Å². The van der Waals surface area contributed by atoms with Gasteiger partial charge in [0.2, 0.25) is 0 Å². The number of aryl methyl sites for hydroxylation is 1. The quantitative estimate of drug-likeness (QED) is 0.299. The molecular formula is C28H26FN5O. The summed E-state index contributed by atoms with van der Waals surface area (Å²) in [5, 5.41) is 9.22. The van der Waals surface area contributed by atoms with Crippen LogP contribution in [0.25, 0.3) is 28.3 Å². The number of imidazole rings is 1. The molecule has 1 aliphatic carbocycles. The van der Waals surface area contributed by atoms with Crippen molar-refractivity contribution in [3.05, 3.63) is 89.9 Å². The van der Waals surface area contributed by atoms with Crippen molar-refractivity contribution in [1.82, 2.24) is 24.3 Å². The first-order chi connectivity index (χ1) is 17.0. The van der Waals surface area contributed by atoms with E-state index in [0.717, 1.165) is 45.3 Å². The largest absolute Gasteiger partial charge is 0.495 e. The fourth-order valence-corrected chi connectivity index (χ4v) is 4.70. The maximum atomic E-state index is 13.5. The molecule has 0 N–H and O–H groups in total. The first-order valence-electron chi connectivity index (χ1n) is 11.8. The third-order valence-electron chi connectivity index (χ3n) is 6.85. The highest BCUT2D eigenvalue weighted by Crippen LogP contribution is 2.44. The summed E-state index contributed by atoms with van der Waals surface area (Å²) in [5.74, 6) is 1.88. The fraction of sp³-hybridized carbons (Fsp3) is 0.250. The molecule has 1 aromatic heterocycles. The zero-order chi connectivity index (χ0) is 24.1. The van der Waals surface area contributed by atoms with Crippen molar-refractivity contribution in [2.24, 2.45) is 0 Å². The van der Waals surface area contributed by atoms with E-state index in [1.807, 2.05) is 48.0 Å². The molecule has 3 aliphatic rings. The van der Waals surface area contributed by atoms with Crippen molar-refractivity contribution in [2.45, 2.75) is 38.6 Å². The highest BCUT2D eigenvalue weighted by molar-refractivity contribution is 5.81. The Kier molecular flexibility index (Phi) is 5.13. The summed E-state index contributed by atoms with van der Waals surface area (Å²) in [6.45, 7) is 4.07. The van der Waals surface area contributed by atoms with Gasteiger partial charge in [-0.25, -0.2) is 9.37 Å². The average molecular weight is 468 g/mol. The molecule has 2 aromatic carbocycles. The van der Waals surface area contributed by atoms with E-state index in [1.54, 1.807) is 13.4 Å². The number of halogens is 1. The number of pyridine rings is 1. The van der Waals surface area contributed by atoms with E-state index in [4.69, 9.17) is 4.74 Å². The van der Waals surface area contributed by atoms with Crippen LogP contribution in [0.5, 0.6) is 5.75 Å². The minimum absolute atomic E-state index is 0.0113. The molecule has 3 aromatic rings. The van der Waals surface area contributed by atoms with Crippen molar-refractivity contribution in [3.63, 3.8) is 0 Å². The number of rotatable bonds is 6. The molecule has 6 rings (SSSR count). The van der Waals surface area contributed by atoms with E-state index < -0.39 is 0 Å². The third-order valence-corrected chi connectivity index (χ3v) is 6.85. The van der Waals surface area contributed by atoms with Crippen molar-refractivity contribution in [1.29, 1.82) is 0 Å². The maximum Gasteiger partial charge on any atom is 0.165 e. The van der Waals surface area contributed by atoms with Gasteiger partial charge in [-0.1, -0.05) is 18.2 Å². The molecule has 0 radical (unpaired) electrons. The van der Waals surface area contributed by atoms with Crippen LogP contribution in [0.4, 0.5) is 4.39 Å². The van der Waals surface area contributed by atoms with Gasteiger partial charge in [0.15, 0.2) is 5.82 Å². The van der Waals surface area contributed by atoms with Gasteiger partial charge in [0.1, 0.15) is 17.3 Å².